The molecule has 0 heterocycles. The van der Waals surface area contributed by atoms with Gasteiger partial charge < -0.3 is 9.47 Å². The molecular weight excluding hydrogens is 264 g/mol. The number of carbonyl (C=O) groups excluding carboxylic acids is 1. The van der Waals surface area contributed by atoms with E-state index >= 15 is 0 Å². The topological polar surface area (TPSA) is 35.5 Å². The Bertz CT molecular complexity index is 479. The highest BCUT2D eigenvalue weighted by Gasteiger charge is 2.23. The summed E-state index contributed by atoms with van der Waals surface area (Å²) in [6, 6.07) is 1.81. The van der Waals surface area contributed by atoms with Gasteiger partial charge in [-0.15, -0.1) is 0 Å². The van der Waals surface area contributed by atoms with Crippen molar-refractivity contribution in [3.63, 3.8) is 0 Å². The number of rotatable bonds is 4. The minimum atomic E-state index is -0.395. The van der Waals surface area contributed by atoms with Crippen LogP contribution >= 0.6 is 11.6 Å². The average molecular weight is 285 g/mol. The molecule has 3 nitrogen and oxygen atoms in total. The molecule has 0 aliphatic carbocycles. The number of ether oxygens (including phenoxy) is 2. The van der Waals surface area contributed by atoms with Gasteiger partial charge in [0.15, 0.2) is 0 Å². The van der Waals surface area contributed by atoms with Crippen molar-refractivity contribution in [1.82, 2.24) is 0 Å². The van der Waals surface area contributed by atoms with Crippen LogP contribution in [0.25, 0.3) is 0 Å². The first-order chi connectivity index (χ1) is 8.73. The molecule has 0 saturated carbocycles. The van der Waals surface area contributed by atoms with Crippen LogP contribution in [-0.2, 0) is 4.74 Å². The number of halogens is 1. The van der Waals surface area contributed by atoms with E-state index in [-0.39, 0.29) is 12.2 Å². The largest absolute Gasteiger partial charge is 0.490 e. The maximum absolute atomic E-state index is 12.2. The lowest BCUT2D eigenvalue weighted by Gasteiger charge is -2.19. The molecule has 0 aliphatic heterocycles. The zero-order chi connectivity index (χ0) is 14.7. The molecule has 19 heavy (non-hydrogen) atoms. The molecule has 0 aliphatic rings. The molecule has 0 fully saturated rings. The monoisotopic (exact) mass is 284 g/mol. The zero-order valence-corrected chi connectivity index (χ0v) is 13.1. The van der Waals surface area contributed by atoms with Crippen molar-refractivity contribution in [3.8, 4) is 5.75 Å². The van der Waals surface area contributed by atoms with Crippen molar-refractivity contribution in [1.29, 1.82) is 0 Å². The van der Waals surface area contributed by atoms with E-state index in [2.05, 4.69) is 0 Å². The van der Waals surface area contributed by atoms with Gasteiger partial charge in [0, 0.05) is 5.02 Å². The van der Waals surface area contributed by atoms with Crippen molar-refractivity contribution < 1.29 is 14.3 Å². The number of hydrogen-bond donors (Lipinski definition) is 0. The van der Waals surface area contributed by atoms with E-state index in [9.17, 15) is 4.79 Å². The normalized spacial score (nSPS) is 11.0. The standard InChI is InChI=1S/C15H21ClO3/c1-8(2)18-14-10(5)7-12(16)11(6)13(14)15(17)19-9(3)4/h7-9H,1-6H3. The van der Waals surface area contributed by atoms with E-state index in [1.807, 2.05) is 34.6 Å². The molecule has 0 aromatic heterocycles. The molecule has 4 heteroatoms. The van der Waals surface area contributed by atoms with Crippen molar-refractivity contribution in [2.45, 2.75) is 53.8 Å². The Morgan fingerprint density at radius 3 is 2.21 bits per heavy atom. The highest BCUT2D eigenvalue weighted by Crippen LogP contribution is 2.33. The Labute approximate surface area is 119 Å². The molecule has 106 valence electrons. The van der Waals surface area contributed by atoms with E-state index in [4.69, 9.17) is 21.1 Å². The molecule has 0 amide bonds. The van der Waals surface area contributed by atoms with Gasteiger partial charge in [0.2, 0.25) is 0 Å². The Morgan fingerprint density at radius 1 is 1.16 bits per heavy atom. The zero-order valence-electron chi connectivity index (χ0n) is 12.3. The van der Waals surface area contributed by atoms with Gasteiger partial charge in [-0.3, -0.25) is 0 Å². The van der Waals surface area contributed by atoms with Crippen molar-refractivity contribution in [2.24, 2.45) is 0 Å². The molecular formula is C15H21ClO3. The predicted molar refractivity (Wildman–Crippen MR) is 77.2 cm³/mol. The summed E-state index contributed by atoms with van der Waals surface area (Å²) < 4.78 is 11.0. The second kappa shape index (κ2) is 6.29. The van der Waals surface area contributed by atoms with Gasteiger partial charge in [0.25, 0.3) is 0 Å². The third kappa shape index (κ3) is 3.87. The Kier molecular flexibility index (Phi) is 5.24. The van der Waals surface area contributed by atoms with Crippen LogP contribution < -0.4 is 4.74 Å². The summed E-state index contributed by atoms with van der Waals surface area (Å²) in [5.74, 6) is 0.163. The number of hydrogen-bond acceptors (Lipinski definition) is 3. The smallest absolute Gasteiger partial charge is 0.342 e. The molecule has 0 bridgehead atoms. The van der Waals surface area contributed by atoms with Crippen LogP contribution in [0.5, 0.6) is 5.75 Å². The molecule has 0 atom stereocenters. The number of aryl methyl sites for hydroxylation is 1. The van der Waals surface area contributed by atoms with Crippen molar-refractivity contribution in [2.75, 3.05) is 0 Å². The minimum Gasteiger partial charge on any atom is -0.490 e. The third-order valence-corrected chi connectivity index (χ3v) is 2.95. The summed E-state index contributed by atoms with van der Waals surface area (Å²) >= 11 is 6.14. The van der Waals surface area contributed by atoms with Gasteiger partial charge in [-0.2, -0.15) is 0 Å². The highest BCUT2D eigenvalue weighted by molar-refractivity contribution is 6.32. The Morgan fingerprint density at radius 2 is 1.74 bits per heavy atom. The van der Waals surface area contributed by atoms with Gasteiger partial charge in [-0.1, -0.05) is 11.6 Å². The second-order valence-electron chi connectivity index (χ2n) is 5.13. The summed E-state index contributed by atoms with van der Waals surface area (Å²) in [6.45, 7) is 11.1. The number of carbonyl (C=O) groups is 1. The first-order valence-corrected chi connectivity index (χ1v) is 6.79. The van der Waals surface area contributed by atoms with Crippen LogP contribution in [0.15, 0.2) is 6.07 Å². The van der Waals surface area contributed by atoms with E-state index < -0.39 is 5.97 Å². The van der Waals surface area contributed by atoms with E-state index in [0.29, 0.717) is 21.9 Å². The van der Waals surface area contributed by atoms with E-state index in [1.165, 1.54) is 0 Å². The molecule has 1 aromatic rings. The Balaban J connectivity index is 3.36. The summed E-state index contributed by atoms with van der Waals surface area (Å²) in [5, 5.41) is 0.546. The van der Waals surface area contributed by atoms with Crippen LogP contribution in [0.3, 0.4) is 0 Å². The fourth-order valence-electron chi connectivity index (χ4n) is 1.76. The van der Waals surface area contributed by atoms with Crippen LogP contribution in [0.2, 0.25) is 5.02 Å². The molecule has 0 saturated heterocycles. The summed E-state index contributed by atoms with van der Waals surface area (Å²) in [5.41, 5.74) is 1.95. The molecule has 0 N–H and O–H groups in total. The lowest BCUT2D eigenvalue weighted by atomic mass is 10.0. The first kappa shape index (κ1) is 15.8. The van der Waals surface area contributed by atoms with Gasteiger partial charge in [-0.05, 0) is 58.7 Å². The molecule has 0 spiro atoms. The van der Waals surface area contributed by atoms with Crippen molar-refractivity contribution >= 4 is 17.6 Å². The lowest BCUT2D eigenvalue weighted by molar-refractivity contribution is 0.0371. The summed E-state index contributed by atoms with van der Waals surface area (Å²) in [6.07, 6.45) is -0.206. The lowest BCUT2D eigenvalue weighted by Crippen LogP contribution is -2.17. The molecule has 0 radical (unpaired) electrons. The van der Waals surface area contributed by atoms with Gasteiger partial charge >= 0.3 is 5.97 Å². The molecule has 0 unspecified atom stereocenters. The van der Waals surface area contributed by atoms with E-state index in [1.54, 1.807) is 13.0 Å². The van der Waals surface area contributed by atoms with Crippen LogP contribution in [0.1, 0.15) is 49.2 Å². The fourth-order valence-corrected chi connectivity index (χ4v) is 2.02. The van der Waals surface area contributed by atoms with Crippen LogP contribution in [0, 0.1) is 13.8 Å². The number of benzene rings is 1. The SMILES string of the molecule is Cc1cc(Cl)c(C)c(C(=O)OC(C)C)c1OC(C)C. The maximum atomic E-state index is 12.2. The van der Waals surface area contributed by atoms with Crippen molar-refractivity contribution in [3.05, 3.63) is 27.8 Å². The van der Waals surface area contributed by atoms with Crippen LogP contribution in [0.4, 0.5) is 0 Å². The summed E-state index contributed by atoms with van der Waals surface area (Å²) in [4.78, 5) is 12.2. The van der Waals surface area contributed by atoms with Gasteiger partial charge in [0.1, 0.15) is 11.3 Å². The third-order valence-electron chi connectivity index (χ3n) is 2.56. The first-order valence-electron chi connectivity index (χ1n) is 6.41. The van der Waals surface area contributed by atoms with Crippen LogP contribution in [-0.4, -0.2) is 18.2 Å². The quantitative estimate of drug-likeness (QED) is 0.773. The average Bonchev–Trinajstić information content (AvgIpc) is 2.24. The fraction of sp³-hybridized carbons (Fsp3) is 0.533. The maximum Gasteiger partial charge on any atom is 0.342 e. The Hall–Kier alpha value is -1.22. The minimum absolute atomic E-state index is 0.0233. The van der Waals surface area contributed by atoms with Gasteiger partial charge in [0.05, 0.1) is 12.2 Å². The second-order valence-corrected chi connectivity index (χ2v) is 5.53. The number of esters is 1. The summed E-state index contributed by atoms with van der Waals surface area (Å²) in [7, 11) is 0. The van der Waals surface area contributed by atoms with Gasteiger partial charge in [-0.25, -0.2) is 4.79 Å². The predicted octanol–water partition coefficient (Wildman–Crippen LogP) is 4.31. The molecule has 1 aromatic carbocycles. The molecule has 1 rings (SSSR count). The van der Waals surface area contributed by atoms with E-state index in [0.717, 1.165) is 5.56 Å². The highest BCUT2D eigenvalue weighted by atomic mass is 35.5.